The van der Waals surface area contributed by atoms with Crippen LogP contribution in [0.1, 0.15) is 42.1 Å². The van der Waals surface area contributed by atoms with Gasteiger partial charge in [0.25, 0.3) is 5.91 Å². The van der Waals surface area contributed by atoms with Crippen molar-refractivity contribution in [3.8, 4) is 0 Å². The SMILES string of the molecule is CCN(CCNC(=O)c1ccc2c(c1)N=C(N1CCCCC1)c1ccccc1S2)c1ccccc1. The first-order valence-corrected chi connectivity index (χ1v) is 13.4. The monoisotopic (exact) mass is 484 g/mol. The van der Waals surface area contributed by atoms with Crippen molar-refractivity contribution < 1.29 is 4.79 Å². The summed E-state index contributed by atoms with van der Waals surface area (Å²) in [7, 11) is 0. The van der Waals surface area contributed by atoms with Crippen molar-refractivity contribution in [2.75, 3.05) is 37.6 Å². The molecule has 2 aliphatic rings. The molecule has 0 unspecified atom stereocenters. The third-order valence-corrected chi connectivity index (χ3v) is 7.76. The molecule has 1 N–H and O–H groups in total. The Morgan fingerprint density at radius 3 is 2.54 bits per heavy atom. The van der Waals surface area contributed by atoms with Gasteiger partial charge >= 0.3 is 0 Å². The van der Waals surface area contributed by atoms with Crippen LogP contribution in [0.4, 0.5) is 11.4 Å². The van der Waals surface area contributed by atoms with Gasteiger partial charge in [0.1, 0.15) is 5.84 Å². The zero-order valence-corrected chi connectivity index (χ0v) is 21.1. The van der Waals surface area contributed by atoms with Crippen LogP contribution >= 0.6 is 11.8 Å². The van der Waals surface area contributed by atoms with E-state index in [1.54, 1.807) is 11.8 Å². The minimum atomic E-state index is -0.0570. The minimum Gasteiger partial charge on any atom is -0.370 e. The number of nitrogens with one attached hydrogen (secondary N) is 1. The molecule has 35 heavy (non-hydrogen) atoms. The fourth-order valence-electron chi connectivity index (χ4n) is 4.73. The van der Waals surface area contributed by atoms with Gasteiger partial charge in [0.15, 0.2) is 0 Å². The van der Waals surface area contributed by atoms with E-state index in [0.717, 1.165) is 42.6 Å². The molecule has 1 fully saturated rings. The number of carbonyl (C=O) groups excluding carboxylic acids is 1. The molecule has 0 atom stereocenters. The van der Waals surface area contributed by atoms with Gasteiger partial charge in [-0.05, 0) is 62.6 Å². The van der Waals surface area contributed by atoms with Crippen LogP contribution in [-0.4, -0.2) is 49.4 Å². The predicted molar refractivity (Wildman–Crippen MR) is 145 cm³/mol. The summed E-state index contributed by atoms with van der Waals surface area (Å²) in [5, 5.41) is 3.10. The summed E-state index contributed by atoms with van der Waals surface area (Å²) >= 11 is 1.73. The van der Waals surface area contributed by atoms with Crippen LogP contribution in [0.15, 0.2) is 87.6 Å². The normalized spacial score (nSPS) is 14.9. The van der Waals surface area contributed by atoms with Crippen molar-refractivity contribution in [3.63, 3.8) is 0 Å². The van der Waals surface area contributed by atoms with Gasteiger partial charge < -0.3 is 15.1 Å². The number of para-hydroxylation sites is 1. The van der Waals surface area contributed by atoms with E-state index in [1.165, 1.54) is 35.4 Å². The average molecular weight is 485 g/mol. The largest absolute Gasteiger partial charge is 0.370 e. The lowest BCUT2D eigenvalue weighted by Crippen LogP contribution is -2.36. The van der Waals surface area contributed by atoms with Crippen LogP contribution in [0.3, 0.4) is 0 Å². The van der Waals surface area contributed by atoms with Crippen molar-refractivity contribution in [3.05, 3.63) is 83.9 Å². The van der Waals surface area contributed by atoms with Crippen LogP contribution in [0, 0.1) is 0 Å². The summed E-state index contributed by atoms with van der Waals surface area (Å²) in [6.07, 6.45) is 3.67. The molecule has 2 aliphatic heterocycles. The zero-order chi connectivity index (χ0) is 24.0. The summed E-state index contributed by atoms with van der Waals surface area (Å²) in [5.74, 6) is 0.976. The Morgan fingerprint density at radius 2 is 1.74 bits per heavy atom. The van der Waals surface area contributed by atoms with E-state index in [-0.39, 0.29) is 5.91 Å². The maximum atomic E-state index is 13.0. The summed E-state index contributed by atoms with van der Waals surface area (Å²) in [4.78, 5) is 25.1. The lowest BCUT2D eigenvalue weighted by molar-refractivity contribution is 0.0954. The first-order chi connectivity index (χ1) is 17.2. The third kappa shape index (κ3) is 5.38. The number of benzene rings is 3. The molecular formula is C29H32N4OS. The Labute approximate surface area is 212 Å². The maximum absolute atomic E-state index is 13.0. The molecule has 1 saturated heterocycles. The molecule has 0 aliphatic carbocycles. The Hall–Kier alpha value is -3.25. The number of likely N-dealkylation sites (N-methyl/N-ethyl adjacent to an activating group) is 1. The number of amides is 1. The van der Waals surface area contributed by atoms with Gasteiger partial charge in [-0.2, -0.15) is 0 Å². The van der Waals surface area contributed by atoms with E-state index >= 15 is 0 Å². The minimum absolute atomic E-state index is 0.0570. The lowest BCUT2D eigenvalue weighted by atomic mass is 10.1. The van der Waals surface area contributed by atoms with Gasteiger partial charge in [-0.15, -0.1) is 0 Å². The fourth-order valence-corrected chi connectivity index (χ4v) is 5.73. The van der Waals surface area contributed by atoms with E-state index < -0.39 is 0 Å². The van der Waals surface area contributed by atoms with Crippen LogP contribution in [0.5, 0.6) is 0 Å². The molecule has 0 bridgehead atoms. The molecular weight excluding hydrogens is 452 g/mol. The first-order valence-electron chi connectivity index (χ1n) is 12.6. The van der Waals surface area contributed by atoms with E-state index in [9.17, 15) is 4.79 Å². The average Bonchev–Trinajstić information content (AvgIpc) is 3.08. The van der Waals surface area contributed by atoms with Gasteiger partial charge in [0.05, 0.1) is 5.69 Å². The van der Waals surface area contributed by atoms with Gasteiger partial charge in [-0.1, -0.05) is 48.2 Å². The second-order valence-electron chi connectivity index (χ2n) is 8.93. The topological polar surface area (TPSA) is 47.9 Å². The first kappa shape index (κ1) is 23.5. The molecule has 2 heterocycles. The lowest BCUT2D eigenvalue weighted by Gasteiger charge is -2.30. The highest BCUT2D eigenvalue weighted by molar-refractivity contribution is 7.99. The molecule has 5 nitrogen and oxygen atoms in total. The van der Waals surface area contributed by atoms with E-state index in [2.05, 4.69) is 58.4 Å². The number of fused-ring (bicyclic) bond motifs is 2. The highest BCUT2D eigenvalue weighted by atomic mass is 32.2. The fraction of sp³-hybridized carbons (Fsp3) is 0.310. The second kappa shape index (κ2) is 11.0. The van der Waals surface area contributed by atoms with Gasteiger partial charge in [-0.25, -0.2) is 4.99 Å². The quantitative estimate of drug-likeness (QED) is 0.468. The van der Waals surface area contributed by atoms with Crippen molar-refractivity contribution in [2.45, 2.75) is 36.0 Å². The number of nitrogens with zero attached hydrogens (tertiary/aromatic N) is 3. The Morgan fingerprint density at radius 1 is 0.971 bits per heavy atom. The standard InChI is InChI=1S/C29H32N4OS/c1-2-32(23-11-5-3-6-12-23)20-17-30-29(34)22-15-16-27-25(21-22)31-28(33-18-9-4-10-19-33)24-13-7-8-14-26(24)35-27/h3,5-8,11-16,21H,2,4,9-10,17-20H2,1H3,(H,30,34). The zero-order valence-electron chi connectivity index (χ0n) is 20.2. The maximum Gasteiger partial charge on any atom is 0.251 e. The van der Waals surface area contributed by atoms with Crippen molar-refractivity contribution in [1.82, 2.24) is 10.2 Å². The molecule has 0 radical (unpaired) electrons. The molecule has 3 aromatic carbocycles. The molecule has 1 amide bonds. The summed E-state index contributed by atoms with van der Waals surface area (Å²) in [6, 6.07) is 24.7. The van der Waals surface area contributed by atoms with Crippen LogP contribution in [0.25, 0.3) is 0 Å². The second-order valence-corrected chi connectivity index (χ2v) is 10.0. The number of aliphatic imine (C=N–C) groups is 1. The number of hydrogen-bond donors (Lipinski definition) is 1. The van der Waals surface area contributed by atoms with Crippen molar-refractivity contribution in [2.24, 2.45) is 4.99 Å². The number of likely N-dealkylation sites (tertiary alicyclic amines) is 1. The van der Waals surface area contributed by atoms with Gasteiger partial charge in [0, 0.05) is 59.3 Å². The number of rotatable bonds is 6. The van der Waals surface area contributed by atoms with Crippen molar-refractivity contribution in [1.29, 1.82) is 0 Å². The van der Waals surface area contributed by atoms with Crippen molar-refractivity contribution >= 4 is 34.9 Å². The molecule has 3 aromatic rings. The highest BCUT2D eigenvalue weighted by Crippen LogP contribution is 2.41. The number of anilines is 1. The summed E-state index contributed by atoms with van der Waals surface area (Å²) in [5.41, 5.74) is 3.88. The Bertz CT molecular complexity index is 1200. The molecule has 0 aromatic heterocycles. The number of piperidine rings is 1. The van der Waals surface area contributed by atoms with Gasteiger partial charge in [-0.3, -0.25) is 4.79 Å². The molecule has 6 heteroatoms. The van der Waals surface area contributed by atoms with Crippen LogP contribution in [0.2, 0.25) is 0 Å². The molecule has 0 saturated carbocycles. The Kier molecular flexibility index (Phi) is 7.38. The third-order valence-electron chi connectivity index (χ3n) is 6.62. The molecule has 5 rings (SSSR count). The number of hydrogen-bond acceptors (Lipinski definition) is 5. The number of carbonyl (C=O) groups is 1. The molecule has 180 valence electrons. The summed E-state index contributed by atoms with van der Waals surface area (Å²) < 4.78 is 0. The van der Waals surface area contributed by atoms with E-state index in [0.29, 0.717) is 12.1 Å². The van der Waals surface area contributed by atoms with E-state index in [4.69, 9.17) is 4.99 Å². The number of amidine groups is 1. The smallest absolute Gasteiger partial charge is 0.251 e. The van der Waals surface area contributed by atoms with Gasteiger partial charge in [0.2, 0.25) is 0 Å². The van der Waals surface area contributed by atoms with Crippen LogP contribution < -0.4 is 10.2 Å². The Balaban J connectivity index is 1.34. The van der Waals surface area contributed by atoms with E-state index in [1.807, 2.05) is 36.4 Å². The highest BCUT2D eigenvalue weighted by Gasteiger charge is 2.23. The summed E-state index contributed by atoms with van der Waals surface area (Å²) in [6.45, 7) is 6.44. The molecule has 0 spiro atoms. The van der Waals surface area contributed by atoms with Crippen LogP contribution in [-0.2, 0) is 0 Å². The predicted octanol–water partition coefficient (Wildman–Crippen LogP) is 5.97.